The third-order valence-corrected chi connectivity index (χ3v) is 5.11. The van der Waals surface area contributed by atoms with Crippen LogP contribution in [-0.2, 0) is 0 Å². The van der Waals surface area contributed by atoms with Crippen molar-refractivity contribution in [3.63, 3.8) is 0 Å². The Balaban J connectivity index is 1.79. The van der Waals surface area contributed by atoms with Gasteiger partial charge in [-0.25, -0.2) is 0 Å². The van der Waals surface area contributed by atoms with E-state index in [1.807, 2.05) is 18.2 Å². The van der Waals surface area contributed by atoms with E-state index in [4.69, 9.17) is 0 Å². The molecule has 1 aromatic carbocycles. The van der Waals surface area contributed by atoms with Crippen molar-refractivity contribution < 1.29 is 5.11 Å². The maximum absolute atomic E-state index is 9.60. The Morgan fingerprint density at radius 3 is 2.24 bits per heavy atom. The quantitative estimate of drug-likeness (QED) is 0.853. The number of hydrogen-bond donors (Lipinski definition) is 2. The molecule has 1 aliphatic rings. The first-order valence-electron chi connectivity index (χ1n) is 8.40. The standard InChI is InChI=1S/C19H31NO/c1-19(2,3)17-11-9-15(10-12-17)13-20-18(14-21)16-7-5-4-6-8-16/h4-8,15,17-18,20-21H,9-14H2,1-3H3/t15?,17?,18-/m1/s1. The highest BCUT2D eigenvalue weighted by atomic mass is 16.3. The van der Waals surface area contributed by atoms with E-state index in [2.05, 4.69) is 38.2 Å². The van der Waals surface area contributed by atoms with Gasteiger partial charge in [0.1, 0.15) is 0 Å². The fourth-order valence-electron chi connectivity index (χ4n) is 3.51. The molecule has 2 nitrogen and oxygen atoms in total. The van der Waals surface area contributed by atoms with Crippen LogP contribution in [0.5, 0.6) is 0 Å². The monoisotopic (exact) mass is 289 g/mol. The predicted octanol–water partition coefficient (Wildman–Crippen LogP) is 4.16. The van der Waals surface area contributed by atoms with E-state index < -0.39 is 0 Å². The minimum Gasteiger partial charge on any atom is -0.394 e. The van der Waals surface area contributed by atoms with E-state index in [-0.39, 0.29) is 12.6 Å². The maximum Gasteiger partial charge on any atom is 0.0626 e. The Kier molecular flexibility index (Phi) is 5.83. The Hall–Kier alpha value is -0.860. The summed E-state index contributed by atoms with van der Waals surface area (Å²) >= 11 is 0. The number of hydrogen-bond acceptors (Lipinski definition) is 2. The summed E-state index contributed by atoms with van der Waals surface area (Å²) in [6.07, 6.45) is 5.35. The summed E-state index contributed by atoms with van der Waals surface area (Å²) < 4.78 is 0. The van der Waals surface area contributed by atoms with E-state index >= 15 is 0 Å². The van der Waals surface area contributed by atoms with Gasteiger partial charge in [-0.05, 0) is 55.0 Å². The van der Waals surface area contributed by atoms with Crippen molar-refractivity contribution in [2.75, 3.05) is 13.2 Å². The summed E-state index contributed by atoms with van der Waals surface area (Å²) in [6, 6.07) is 10.3. The highest BCUT2D eigenvalue weighted by molar-refractivity contribution is 5.18. The second-order valence-corrected chi connectivity index (χ2v) is 7.64. The molecule has 0 unspecified atom stereocenters. The second kappa shape index (κ2) is 7.42. The molecular weight excluding hydrogens is 258 g/mol. The fraction of sp³-hybridized carbons (Fsp3) is 0.684. The summed E-state index contributed by atoms with van der Waals surface area (Å²) in [5.41, 5.74) is 1.64. The Bertz CT molecular complexity index is 401. The van der Waals surface area contributed by atoms with E-state index in [1.54, 1.807) is 0 Å². The smallest absolute Gasteiger partial charge is 0.0626 e. The highest BCUT2D eigenvalue weighted by Gasteiger charge is 2.29. The van der Waals surface area contributed by atoms with Crippen LogP contribution in [0, 0.1) is 17.3 Å². The number of nitrogens with one attached hydrogen (secondary N) is 1. The molecule has 0 aliphatic heterocycles. The van der Waals surface area contributed by atoms with Crippen LogP contribution in [-0.4, -0.2) is 18.3 Å². The highest BCUT2D eigenvalue weighted by Crippen LogP contribution is 2.39. The lowest BCUT2D eigenvalue weighted by Crippen LogP contribution is -2.33. The zero-order valence-corrected chi connectivity index (χ0v) is 13.8. The van der Waals surface area contributed by atoms with Crippen LogP contribution >= 0.6 is 0 Å². The summed E-state index contributed by atoms with van der Waals surface area (Å²) in [5.74, 6) is 1.64. The van der Waals surface area contributed by atoms with Gasteiger partial charge < -0.3 is 10.4 Å². The van der Waals surface area contributed by atoms with Gasteiger partial charge in [-0.3, -0.25) is 0 Å². The van der Waals surface area contributed by atoms with Crippen LogP contribution in [0.3, 0.4) is 0 Å². The van der Waals surface area contributed by atoms with Gasteiger partial charge in [0.15, 0.2) is 0 Å². The predicted molar refractivity (Wildman–Crippen MR) is 89.2 cm³/mol. The molecular formula is C19H31NO. The maximum atomic E-state index is 9.60. The summed E-state index contributed by atoms with van der Waals surface area (Å²) in [5, 5.41) is 13.2. The lowest BCUT2D eigenvalue weighted by Gasteiger charge is -2.37. The average molecular weight is 289 g/mol. The molecule has 2 N–H and O–H groups in total. The Morgan fingerprint density at radius 2 is 1.71 bits per heavy atom. The van der Waals surface area contributed by atoms with Gasteiger partial charge in [0.2, 0.25) is 0 Å². The third-order valence-electron chi connectivity index (χ3n) is 5.11. The van der Waals surface area contributed by atoms with Gasteiger partial charge in [-0.15, -0.1) is 0 Å². The van der Waals surface area contributed by atoms with E-state index in [0.29, 0.717) is 5.41 Å². The van der Waals surface area contributed by atoms with Crippen LogP contribution < -0.4 is 5.32 Å². The molecule has 1 aliphatic carbocycles. The molecule has 0 saturated heterocycles. The van der Waals surface area contributed by atoms with Crippen molar-refractivity contribution >= 4 is 0 Å². The second-order valence-electron chi connectivity index (χ2n) is 7.64. The lowest BCUT2D eigenvalue weighted by molar-refractivity contribution is 0.145. The van der Waals surface area contributed by atoms with Gasteiger partial charge in [0.05, 0.1) is 12.6 Å². The summed E-state index contributed by atoms with van der Waals surface area (Å²) in [4.78, 5) is 0. The van der Waals surface area contributed by atoms with Gasteiger partial charge in [-0.2, -0.15) is 0 Å². The molecule has 0 heterocycles. The van der Waals surface area contributed by atoms with Crippen LogP contribution in [0.25, 0.3) is 0 Å². The number of benzene rings is 1. The lowest BCUT2D eigenvalue weighted by atomic mass is 9.70. The van der Waals surface area contributed by atoms with Crippen LogP contribution in [0.4, 0.5) is 0 Å². The van der Waals surface area contributed by atoms with Gasteiger partial charge in [-0.1, -0.05) is 51.1 Å². The van der Waals surface area contributed by atoms with Crippen molar-refractivity contribution in [2.45, 2.75) is 52.5 Å². The van der Waals surface area contributed by atoms with E-state index in [0.717, 1.165) is 18.4 Å². The zero-order valence-electron chi connectivity index (χ0n) is 13.8. The molecule has 1 aromatic rings. The van der Waals surface area contributed by atoms with Gasteiger partial charge in [0, 0.05) is 0 Å². The molecule has 0 amide bonds. The molecule has 0 spiro atoms. The molecule has 1 fully saturated rings. The number of rotatable bonds is 5. The first kappa shape index (κ1) is 16.5. The van der Waals surface area contributed by atoms with Crippen molar-refractivity contribution in [1.29, 1.82) is 0 Å². The van der Waals surface area contributed by atoms with Crippen molar-refractivity contribution in [2.24, 2.45) is 17.3 Å². The zero-order chi connectivity index (χ0) is 15.3. The molecule has 21 heavy (non-hydrogen) atoms. The topological polar surface area (TPSA) is 32.3 Å². The molecule has 1 saturated carbocycles. The van der Waals surface area contributed by atoms with Crippen LogP contribution in [0.2, 0.25) is 0 Å². The van der Waals surface area contributed by atoms with Crippen LogP contribution in [0.1, 0.15) is 58.1 Å². The van der Waals surface area contributed by atoms with Gasteiger partial charge >= 0.3 is 0 Å². The van der Waals surface area contributed by atoms with Crippen molar-refractivity contribution in [3.8, 4) is 0 Å². The van der Waals surface area contributed by atoms with Crippen molar-refractivity contribution in [3.05, 3.63) is 35.9 Å². The molecule has 0 radical (unpaired) electrons. The van der Waals surface area contributed by atoms with E-state index in [9.17, 15) is 5.11 Å². The summed E-state index contributed by atoms with van der Waals surface area (Å²) in [7, 11) is 0. The summed E-state index contributed by atoms with van der Waals surface area (Å²) in [6.45, 7) is 8.30. The number of aliphatic hydroxyl groups is 1. The molecule has 1 atom stereocenters. The molecule has 0 aromatic heterocycles. The Labute approximate surface area is 130 Å². The first-order chi connectivity index (χ1) is 10.0. The third kappa shape index (κ3) is 4.82. The SMILES string of the molecule is CC(C)(C)C1CCC(CN[C@H](CO)c2ccccc2)CC1. The molecule has 2 heteroatoms. The average Bonchev–Trinajstić information content (AvgIpc) is 2.48. The minimum absolute atomic E-state index is 0.0755. The minimum atomic E-state index is 0.0755. The fourth-order valence-corrected chi connectivity index (χ4v) is 3.51. The van der Waals surface area contributed by atoms with Crippen molar-refractivity contribution in [1.82, 2.24) is 5.32 Å². The Morgan fingerprint density at radius 1 is 1.10 bits per heavy atom. The van der Waals surface area contributed by atoms with Gasteiger partial charge in [0.25, 0.3) is 0 Å². The van der Waals surface area contributed by atoms with E-state index in [1.165, 1.54) is 31.2 Å². The van der Waals surface area contributed by atoms with Crippen LogP contribution in [0.15, 0.2) is 30.3 Å². The molecule has 0 bridgehead atoms. The molecule has 118 valence electrons. The normalized spacial score (nSPS) is 24.8. The first-order valence-corrected chi connectivity index (χ1v) is 8.40. The largest absolute Gasteiger partial charge is 0.394 e. The molecule has 2 rings (SSSR count). The number of aliphatic hydroxyl groups excluding tert-OH is 1.